The number of benzene rings is 1. The molecule has 6 nitrogen and oxygen atoms in total. The lowest BCUT2D eigenvalue weighted by molar-refractivity contribution is 0.0577. The van der Waals surface area contributed by atoms with E-state index in [0.717, 1.165) is 24.1 Å². The van der Waals surface area contributed by atoms with Crippen LogP contribution in [0.25, 0.3) is 11.0 Å². The Morgan fingerprint density at radius 1 is 0.923 bits per heavy atom. The summed E-state index contributed by atoms with van der Waals surface area (Å²) in [7, 11) is 0. The molecule has 3 heterocycles. The fraction of sp³-hybridized carbons (Fsp3) is 0.300. The van der Waals surface area contributed by atoms with Crippen LogP contribution in [0, 0.1) is 0 Å². The fourth-order valence-electron chi connectivity index (χ4n) is 3.41. The number of piperazine rings is 1. The number of rotatable bonds is 3. The Balaban J connectivity index is 1.43. The van der Waals surface area contributed by atoms with E-state index in [2.05, 4.69) is 38.9 Å². The Morgan fingerprint density at radius 2 is 1.69 bits per heavy atom. The first-order valence-corrected chi connectivity index (χ1v) is 8.87. The summed E-state index contributed by atoms with van der Waals surface area (Å²) >= 11 is 0. The van der Waals surface area contributed by atoms with Gasteiger partial charge in [-0.3, -0.25) is 24.6 Å². The van der Waals surface area contributed by atoms with Gasteiger partial charge in [0.2, 0.25) is 0 Å². The van der Waals surface area contributed by atoms with Gasteiger partial charge in [-0.1, -0.05) is 12.1 Å². The van der Waals surface area contributed by atoms with E-state index in [1.807, 2.05) is 23.1 Å². The molecule has 0 spiro atoms. The molecule has 26 heavy (non-hydrogen) atoms. The zero-order chi connectivity index (χ0) is 17.9. The highest BCUT2D eigenvalue weighted by atomic mass is 16.2. The van der Waals surface area contributed by atoms with Gasteiger partial charge in [-0.15, -0.1) is 0 Å². The monoisotopic (exact) mass is 347 g/mol. The maximum Gasteiger partial charge on any atom is 0.272 e. The third-order valence-electron chi connectivity index (χ3n) is 5.01. The van der Waals surface area contributed by atoms with Crippen LogP contribution in [0.5, 0.6) is 0 Å². The van der Waals surface area contributed by atoms with Gasteiger partial charge in [-0.25, -0.2) is 0 Å². The molecule has 1 aromatic carbocycles. The lowest BCUT2D eigenvalue weighted by Crippen LogP contribution is -2.49. The molecule has 6 heteroatoms. The molecule has 4 rings (SSSR count). The van der Waals surface area contributed by atoms with Crippen molar-refractivity contribution in [3.63, 3.8) is 0 Å². The summed E-state index contributed by atoms with van der Waals surface area (Å²) in [5.41, 5.74) is 3.57. The second-order valence-electron chi connectivity index (χ2n) is 6.52. The van der Waals surface area contributed by atoms with Gasteiger partial charge in [0.1, 0.15) is 5.69 Å². The minimum absolute atomic E-state index is 0.0129. The molecule has 1 unspecified atom stereocenters. The number of nitrogens with zero attached hydrogens (tertiary/aromatic N) is 5. The highest BCUT2D eigenvalue weighted by Crippen LogP contribution is 2.24. The largest absolute Gasteiger partial charge is 0.335 e. The predicted octanol–water partition coefficient (Wildman–Crippen LogP) is 2.54. The van der Waals surface area contributed by atoms with E-state index in [-0.39, 0.29) is 11.9 Å². The van der Waals surface area contributed by atoms with Crippen molar-refractivity contribution in [1.29, 1.82) is 0 Å². The van der Waals surface area contributed by atoms with Gasteiger partial charge in [0.25, 0.3) is 5.91 Å². The minimum atomic E-state index is 0.0129. The Kier molecular flexibility index (Phi) is 4.58. The summed E-state index contributed by atoms with van der Waals surface area (Å²) in [6, 6.07) is 12.0. The third-order valence-corrected chi connectivity index (χ3v) is 5.01. The summed E-state index contributed by atoms with van der Waals surface area (Å²) in [5, 5.41) is 0. The maximum absolute atomic E-state index is 12.5. The summed E-state index contributed by atoms with van der Waals surface area (Å²) in [4.78, 5) is 29.7. The van der Waals surface area contributed by atoms with Crippen molar-refractivity contribution >= 4 is 16.9 Å². The van der Waals surface area contributed by atoms with E-state index in [9.17, 15) is 4.79 Å². The quantitative estimate of drug-likeness (QED) is 0.729. The molecule has 0 radical (unpaired) electrons. The third kappa shape index (κ3) is 3.28. The number of carbonyl (C=O) groups excluding carboxylic acids is 1. The smallest absolute Gasteiger partial charge is 0.272 e. The highest BCUT2D eigenvalue weighted by molar-refractivity contribution is 5.92. The van der Waals surface area contributed by atoms with Crippen molar-refractivity contribution in [2.75, 3.05) is 26.2 Å². The van der Waals surface area contributed by atoms with Gasteiger partial charge in [0.05, 0.1) is 11.0 Å². The Hall–Kier alpha value is -2.86. The summed E-state index contributed by atoms with van der Waals surface area (Å²) < 4.78 is 0. The number of hydrogen-bond acceptors (Lipinski definition) is 5. The van der Waals surface area contributed by atoms with Crippen molar-refractivity contribution in [2.45, 2.75) is 13.0 Å². The summed E-state index contributed by atoms with van der Waals surface area (Å²) in [6.07, 6.45) is 5.09. The second-order valence-corrected chi connectivity index (χ2v) is 6.52. The van der Waals surface area contributed by atoms with Gasteiger partial charge in [-0.05, 0) is 36.8 Å². The van der Waals surface area contributed by atoms with Crippen LogP contribution in [0.1, 0.15) is 29.0 Å². The molecule has 132 valence electrons. The molecule has 1 saturated heterocycles. The van der Waals surface area contributed by atoms with Crippen molar-refractivity contribution in [2.24, 2.45) is 0 Å². The lowest BCUT2D eigenvalue weighted by atomic mass is 10.0. The molecular formula is C20H21N5O. The van der Waals surface area contributed by atoms with Crippen molar-refractivity contribution in [3.05, 3.63) is 66.2 Å². The van der Waals surface area contributed by atoms with Crippen molar-refractivity contribution in [3.8, 4) is 0 Å². The number of amides is 1. The van der Waals surface area contributed by atoms with E-state index in [0.29, 0.717) is 18.8 Å². The van der Waals surface area contributed by atoms with E-state index in [4.69, 9.17) is 0 Å². The zero-order valence-electron chi connectivity index (χ0n) is 14.7. The van der Waals surface area contributed by atoms with Crippen LogP contribution in [0.2, 0.25) is 0 Å². The maximum atomic E-state index is 12.5. The molecule has 1 amide bonds. The molecule has 0 bridgehead atoms. The summed E-state index contributed by atoms with van der Waals surface area (Å²) in [6.45, 7) is 5.32. The first-order valence-electron chi connectivity index (χ1n) is 8.87. The Bertz CT molecular complexity index is 906. The van der Waals surface area contributed by atoms with Crippen molar-refractivity contribution in [1.82, 2.24) is 24.8 Å². The Morgan fingerprint density at radius 3 is 2.42 bits per heavy atom. The zero-order valence-corrected chi connectivity index (χ0v) is 14.7. The van der Waals surface area contributed by atoms with Crippen molar-refractivity contribution < 1.29 is 4.79 Å². The molecule has 1 aliphatic heterocycles. The lowest BCUT2D eigenvalue weighted by Gasteiger charge is -2.38. The second kappa shape index (κ2) is 7.17. The van der Waals surface area contributed by atoms with E-state index >= 15 is 0 Å². The number of carbonyl (C=O) groups is 1. The number of aromatic nitrogens is 3. The van der Waals surface area contributed by atoms with Gasteiger partial charge in [0, 0.05) is 50.8 Å². The molecule has 0 N–H and O–H groups in total. The summed E-state index contributed by atoms with van der Waals surface area (Å²) in [5.74, 6) is 0.0129. The van der Waals surface area contributed by atoms with Crippen LogP contribution in [0.3, 0.4) is 0 Å². The SMILES string of the molecule is CC(c1ccc2nccnc2c1)N1CCN(C(=O)c2ccccn2)CC1. The van der Waals surface area contributed by atoms with Crippen LogP contribution in [0.15, 0.2) is 55.0 Å². The topological polar surface area (TPSA) is 62.2 Å². The average Bonchev–Trinajstić information content (AvgIpc) is 2.73. The minimum Gasteiger partial charge on any atom is -0.335 e. The van der Waals surface area contributed by atoms with Gasteiger partial charge in [-0.2, -0.15) is 0 Å². The Labute approximate surface area is 152 Å². The molecule has 0 aliphatic carbocycles. The van der Waals surface area contributed by atoms with Gasteiger partial charge >= 0.3 is 0 Å². The molecule has 2 aromatic heterocycles. The van der Waals surface area contributed by atoms with Crippen LogP contribution in [-0.4, -0.2) is 56.8 Å². The van der Waals surface area contributed by atoms with E-state index < -0.39 is 0 Å². The molecule has 3 aromatic rings. The molecular weight excluding hydrogens is 326 g/mol. The molecule has 1 aliphatic rings. The van der Waals surface area contributed by atoms with E-state index in [1.165, 1.54) is 5.56 Å². The normalized spacial score (nSPS) is 16.6. The van der Waals surface area contributed by atoms with Gasteiger partial charge in [0.15, 0.2) is 0 Å². The molecule has 0 saturated carbocycles. The van der Waals surface area contributed by atoms with Crippen LogP contribution < -0.4 is 0 Å². The van der Waals surface area contributed by atoms with Crippen LogP contribution >= 0.6 is 0 Å². The molecule has 1 atom stereocenters. The van der Waals surface area contributed by atoms with Crippen LogP contribution in [-0.2, 0) is 0 Å². The number of pyridine rings is 1. The first-order chi connectivity index (χ1) is 12.7. The predicted molar refractivity (Wildman–Crippen MR) is 99.7 cm³/mol. The molecule has 1 fully saturated rings. The number of hydrogen-bond donors (Lipinski definition) is 0. The van der Waals surface area contributed by atoms with Gasteiger partial charge < -0.3 is 4.90 Å². The highest BCUT2D eigenvalue weighted by Gasteiger charge is 2.26. The average molecular weight is 347 g/mol. The van der Waals surface area contributed by atoms with E-state index in [1.54, 1.807) is 24.7 Å². The first kappa shape index (κ1) is 16.6. The fourth-order valence-corrected chi connectivity index (χ4v) is 3.41. The number of fused-ring (bicyclic) bond motifs is 1. The van der Waals surface area contributed by atoms with Crippen LogP contribution in [0.4, 0.5) is 0 Å². The standard InChI is InChI=1S/C20H21N5O/c1-15(16-5-6-17-19(14-16)23-9-8-22-17)24-10-12-25(13-11-24)20(26)18-4-2-3-7-21-18/h2-9,14-15H,10-13H2,1H3.